The first-order valence-electron chi connectivity index (χ1n) is 19.0. The number of rotatable bonds is 11. The van der Waals surface area contributed by atoms with E-state index < -0.39 is 0 Å². The van der Waals surface area contributed by atoms with E-state index in [1.165, 1.54) is 57.4 Å². The van der Waals surface area contributed by atoms with Gasteiger partial charge in [0, 0.05) is 120 Å². The van der Waals surface area contributed by atoms with Crippen LogP contribution in [0.1, 0.15) is 36.8 Å². The highest BCUT2D eigenvalue weighted by Crippen LogP contribution is 2.37. The van der Waals surface area contributed by atoms with E-state index >= 15 is 0 Å². The maximum absolute atomic E-state index is 11.3. The molecule has 286 valence electrons. The Morgan fingerprint density at radius 2 is 1.10 bits per heavy atom. The topological polar surface area (TPSA) is 107 Å². The lowest BCUT2D eigenvalue weighted by Gasteiger charge is -2.43. The fraction of sp³-hybridized carbons (Fsp3) is 0.600. The molecule has 0 atom stereocenters. The molecular formula is C40H62N8O4. The second-order valence-electron chi connectivity index (χ2n) is 14.7. The van der Waals surface area contributed by atoms with Crippen LogP contribution in [0.15, 0.2) is 49.6 Å². The molecule has 4 saturated heterocycles. The number of hydrogen-bond acceptors (Lipinski definition) is 11. The molecule has 2 aromatic carbocycles. The van der Waals surface area contributed by atoms with Crippen LogP contribution in [0.5, 0.6) is 11.5 Å². The highest BCUT2D eigenvalue weighted by Gasteiger charge is 2.30. The van der Waals surface area contributed by atoms with E-state index in [4.69, 9.17) is 15.2 Å². The number of anilines is 3. The second kappa shape index (κ2) is 18.8. The first-order chi connectivity index (χ1) is 25.1. The number of methoxy groups -OCH3 is 2. The Labute approximate surface area is 311 Å². The molecule has 6 rings (SSSR count). The molecule has 0 bridgehead atoms. The smallest absolute Gasteiger partial charge is 0.311 e. The molecule has 52 heavy (non-hydrogen) atoms. The lowest BCUT2D eigenvalue weighted by atomic mass is 9.99. The standard InChI is InChI=1S/C20H30N4O3.C20H32N4O/c1-4-5-16-14-19(24(25)26)20(27-3)15-18(16)23-8-6-17(7-9-23)22-12-10-21(2)11-13-22;1-4-5-16-14-18(21)20(25-3)15-19(16)24-8-6-17(7-9-24)23-12-10-22(2)11-13-23/h4,14-15,17H,1,5-13H2,2-3H3;4,14-15,17H,1,5-13,21H2,2-3H3. The Morgan fingerprint density at radius 1 is 0.692 bits per heavy atom. The Balaban J connectivity index is 0.000000202. The van der Waals surface area contributed by atoms with E-state index in [-0.39, 0.29) is 10.6 Å². The fourth-order valence-electron chi connectivity index (χ4n) is 8.26. The first-order valence-corrected chi connectivity index (χ1v) is 19.0. The zero-order chi connectivity index (χ0) is 37.2. The molecular weight excluding hydrogens is 656 g/mol. The SMILES string of the molecule is C=CCc1cc(N)c(OC)cc1N1CCC(N2CCN(C)CC2)CC1.C=CCc1cc([N+](=O)[O-])c(OC)cc1N1CCC(N2CCN(C)CC2)CC1. The maximum Gasteiger partial charge on any atom is 0.311 e. The summed E-state index contributed by atoms with van der Waals surface area (Å²) in [5, 5.41) is 11.3. The lowest BCUT2D eigenvalue weighted by molar-refractivity contribution is -0.385. The van der Waals surface area contributed by atoms with Gasteiger partial charge in [-0.1, -0.05) is 12.2 Å². The first kappa shape index (κ1) is 39.4. The van der Waals surface area contributed by atoms with Crippen LogP contribution in [0.2, 0.25) is 0 Å². The van der Waals surface area contributed by atoms with Gasteiger partial charge in [0.1, 0.15) is 5.75 Å². The van der Waals surface area contributed by atoms with E-state index in [0.29, 0.717) is 23.9 Å². The van der Waals surface area contributed by atoms with Crippen LogP contribution in [0.25, 0.3) is 0 Å². The van der Waals surface area contributed by atoms with E-state index in [1.54, 1.807) is 19.3 Å². The molecule has 0 aliphatic carbocycles. The third-order valence-corrected chi connectivity index (χ3v) is 11.5. The number of ether oxygens (including phenoxy) is 2. The highest BCUT2D eigenvalue weighted by atomic mass is 16.6. The molecule has 4 fully saturated rings. The van der Waals surface area contributed by atoms with E-state index in [9.17, 15) is 10.1 Å². The van der Waals surface area contributed by atoms with Crippen molar-refractivity contribution in [3.8, 4) is 11.5 Å². The second-order valence-corrected chi connectivity index (χ2v) is 14.7. The number of allylic oxidation sites excluding steroid dienone is 2. The maximum atomic E-state index is 11.3. The van der Waals surface area contributed by atoms with Gasteiger partial charge in [-0.25, -0.2) is 0 Å². The third-order valence-electron chi connectivity index (χ3n) is 11.5. The van der Waals surface area contributed by atoms with Crippen LogP contribution in [0.4, 0.5) is 22.7 Å². The van der Waals surface area contributed by atoms with Gasteiger partial charge in [-0.2, -0.15) is 0 Å². The Bertz CT molecular complexity index is 1490. The van der Waals surface area contributed by atoms with Crippen molar-refractivity contribution in [1.82, 2.24) is 19.6 Å². The Kier molecular flexibility index (Phi) is 14.2. The van der Waals surface area contributed by atoms with Crippen molar-refractivity contribution in [2.24, 2.45) is 0 Å². The molecule has 0 saturated carbocycles. The Hall–Kier alpha value is -3.84. The summed E-state index contributed by atoms with van der Waals surface area (Å²) in [7, 11) is 7.57. The van der Waals surface area contributed by atoms with Gasteiger partial charge in [0.2, 0.25) is 0 Å². The molecule has 2 aromatic rings. The van der Waals surface area contributed by atoms with Crippen molar-refractivity contribution in [1.29, 1.82) is 0 Å². The van der Waals surface area contributed by atoms with Crippen LogP contribution in [0.3, 0.4) is 0 Å². The minimum absolute atomic E-state index is 0.0189. The summed E-state index contributed by atoms with van der Waals surface area (Å²) in [5.41, 5.74) is 11.3. The largest absolute Gasteiger partial charge is 0.495 e. The molecule has 2 N–H and O–H groups in total. The summed E-state index contributed by atoms with van der Waals surface area (Å²) in [6, 6.07) is 8.98. The van der Waals surface area contributed by atoms with Crippen LogP contribution in [-0.4, -0.2) is 143 Å². The van der Waals surface area contributed by atoms with E-state index in [2.05, 4.69) is 62.7 Å². The van der Waals surface area contributed by atoms with Crippen LogP contribution < -0.4 is 25.0 Å². The Morgan fingerprint density at radius 3 is 1.48 bits per heavy atom. The lowest BCUT2D eigenvalue weighted by Crippen LogP contribution is -2.52. The summed E-state index contributed by atoms with van der Waals surface area (Å²) in [4.78, 5) is 25.9. The van der Waals surface area contributed by atoms with Gasteiger partial charge < -0.3 is 34.8 Å². The van der Waals surface area contributed by atoms with Gasteiger partial charge in [-0.15, -0.1) is 13.2 Å². The van der Waals surface area contributed by atoms with Gasteiger partial charge in [-0.3, -0.25) is 19.9 Å². The van der Waals surface area contributed by atoms with Crippen LogP contribution >= 0.6 is 0 Å². The third kappa shape index (κ3) is 9.77. The molecule has 0 unspecified atom stereocenters. The quantitative estimate of drug-likeness (QED) is 0.150. The molecule has 0 spiro atoms. The van der Waals surface area contributed by atoms with Crippen molar-refractivity contribution in [3.63, 3.8) is 0 Å². The van der Waals surface area contributed by atoms with Gasteiger partial charge in [-0.05, 0) is 69.8 Å². The summed E-state index contributed by atoms with van der Waals surface area (Å²) >= 11 is 0. The van der Waals surface area contributed by atoms with Gasteiger partial charge in [0.15, 0.2) is 5.75 Å². The van der Waals surface area contributed by atoms with Crippen molar-refractivity contribution in [2.75, 3.05) is 122 Å². The molecule has 4 aliphatic heterocycles. The summed E-state index contributed by atoms with van der Waals surface area (Å²) in [6.45, 7) is 21.2. The van der Waals surface area contributed by atoms with Gasteiger partial charge >= 0.3 is 5.69 Å². The predicted molar refractivity (Wildman–Crippen MR) is 213 cm³/mol. The van der Waals surface area contributed by atoms with Crippen molar-refractivity contribution >= 4 is 22.7 Å². The number of nitro benzene ring substituents is 1. The zero-order valence-corrected chi connectivity index (χ0v) is 32.1. The number of nitrogens with two attached hydrogens (primary N) is 1. The summed E-state index contributed by atoms with van der Waals surface area (Å²) < 4.78 is 10.7. The van der Waals surface area contributed by atoms with Crippen LogP contribution in [-0.2, 0) is 12.8 Å². The summed E-state index contributed by atoms with van der Waals surface area (Å²) in [5.74, 6) is 1.09. The summed E-state index contributed by atoms with van der Waals surface area (Å²) in [6.07, 6.45) is 9.88. The molecule has 12 nitrogen and oxygen atoms in total. The molecule has 12 heteroatoms. The molecule has 0 aromatic heterocycles. The van der Waals surface area contributed by atoms with E-state index in [1.807, 2.05) is 18.2 Å². The predicted octanol–water partition coefficient (Wildman–Crippen LogP) is 4.77. The number of piperazine rings is 2. The number of piperidine rings is 2. The van der Waals surface area contributed by atoms with Crippen LogP contribution in [0, 0.1) is 10.1 Å². The highest BCUT2D eigenvalue weighted by molar-refractivity contribution is 5.68. The minimum atomic E-state index is -0.380. The average Bonchev–Trinajstić information content (AvgIpc) is 3.16. The van der Waals surface area contributed by atoms with Crippen molar-refractivity contribution in [2.45, 2.75) is 50.6 Å². The number of benzene rings is 2. The average molecular weight is 719 g/mol. The van der Waals surface area contributed by atoms with Gasteiger partial charge in [0.05, 0.1) is 24.8 Å². The van der Waals surface area contributed by atoms with E-state index in [0.717, 1.165) is 94.7 Å². The fourth-order valence-corrected chi connectivity index (χ4v) is 8.26. The van der Waals surface area contributed by atoms with Crippen molar-refractivity contribution < 1.29 is 14.4 Å². The van der Waals surface area contributed by atoms with Gasteiger partial charge in [0.25, 0.3) is 0 Å². The minimum Gasteiger partial charge on any atom is -0.495 e. The number of nitrogens with zero attached hydrogens (tertiary/aromatic N) is 7. The number of nitro groups is 1. The normalized spacial score (nSPS) is 20.2. The number of likely N-dealkylation sites (N-methyl/N-ethyl adjacent to an activating group) is 2. The number of hydrogen-bond donors (Lipinski definition) is 1. The molecule has 4 aliphatic rings. The molecule has 4 heterocycles. The molecule has 0 amide bonds. The number of nitrogen functional groups attached to an aromatic ring is 1. The van der Waals surface area contributed by atoms with Crippen molar-refractivity contribution in [3.05, 3.63) is 70.8 Å². The monoisotopic (exact) mass is 718 g/mol. The molecule has 0 radical (unpaired) electrons. The zero-order valence-electron chi connectivity index (χ0n) is 32.1.